The Morgan fingerprint density at radius 3 is 2.76 bits per heavy atom. The lowest BCUT2D eigenvalue weighted by atomic mass is 9.90. The standard InChI is InChI=1S/C16H20ClNO3/c17-12-6-9-4-2-1-3-5-11(9)14(15(12)19)13-7-10(8-18-13)16(20)21/h6,10,13,18-19H,1-5,7-8H2,(H,20,21). The number of phenolic OH excluding ortho intramolecular Hbond substituents is 1. The van der Waals surface area contributed by atoms with E-state index in [0.717, 1.165) is 31.2 Å². The van der Waals surface area contributed by atoms with Crippen molar-refractivity contribution in [3.05, 3.63) is 27.8 Å². The van der Waals surface area contributed by atoms with Crippen LogP contribution in [0.3, 0.4) is 0 Å². The van der Waals surface area contributed by atoms with E-state index in [-0.39, 0.29) is 11.8 Å². The smallest absolute Gasteiger partial charge is 0.307 e. The number of hydrogen-bond donors (Lipinski definition) is 3. The molecule has 0 radical (unpaired) electrons. The average Bonchev–Trinajstić information content (AvgIpc) is 2.82. The number of aryl methyl sites for hydroxylation is 1. The summed E-state index contributed by atoms with van der Waals surface area (Å²) >= 11 is 6.19. The molecule has 1 aliphatic carbocycles. The highest BCUT2D eigenvalue weighted by atomic mass is 35.5. The van der Waals surface area contributed by atoms with Gasteiger partial charge in [-0.2, -0.15) is 0 Å². The van der Waals surface area contributed by atoms with Gasteiger partial charge in [0.15, 0.2) is 0 Å². The van der Waals surface area contributed by atoms with E-state index < -0.39 is 11.9 Å². The van der Waals surface area contributed by atoms with Crippen LogP contribution in [0, 0.1) is 5.92 Å². The van der Waals surface area contributed by atoms with Gasteiger partial charge in [0, 0.05) is 18.2 Å². The minimum Gasteiger partial charge on any atom is -0.506 e. The second-order valence-corrected chi connectivity index (χ2v) is 6.46. The Kier molecular flexibility index (Phi) is 4.09. The molecule has 114 valence electrons. The normalized spacial score (nSPS) is 25.4. The van der Waals surface area contributed by atoms with E-state index >= 15 is 0 Å². The van der Waals surface area contributed by atoms with Crippen molar-refractivity contribution < 1.29 is 15.0 Å². The molecule has 1 saturated heterocycles. The van der Waals surface area contributed by atoms with Gasteiger partial charge in [-0.1, -0.05) is 18.0 Å². The second kappa shape index (κ2) is 5.85. The molecule has 0 saturated carbocycles. The molecule has 0 spiro atoms. The summed E-state index contributed by atoms with van der Waals surface area (Å²) in [6, 6.07) is 1.77. The van der Waals surface area contributed by atoms with Gasteiger partial charge in [0.2, 0.25) is 0 Å². The maximum Gasteiger partial charge on any atom is 0.307 e. The predicted molar refractivity (Wildman–Crippen MR) is 80.9 cm³/mol. The second-order valence-electron chi connectivity index (χ2n) is 6.05. The van der Waals surface area contributed by atoms with Crippen LogP contribution in [-0.2, 0) is 17.6 Å². The van der Waals surface area contributed by atoms with Gasteiger partial charge in [0.1, 0.15) is 5.75 Å². The number of carboxylic acid groups (broad SMARTS) is 1. The molecule has 21 heavy (non-hydrogen) atoms. The van der Waals surface area contributed by atoms with E-state index in [4.69, 9.17) is 16.7 Å². The molecule has 1 aromatic rings. The van der Waals surface area contributed by atoms with Crippen molar-refractivity contribution in [3.63, 3.8) is 0 Å². The molecule has 1 aromatic carbocycles. The van der Waals surface area contributed by atoms with Gasteiger partial charge < -0.3 is 15.5 Å². The minimum atomic E-state index is -0.780. The number of rotatable bonds is 2. The zero-order chi connectivity index (χ0) is 15.0. The number of nitrogens with one attached hydrogen (secondary N) is 1. The molecule has 0 bridgehead atoms. The van der Waals surface area contributed by atoms with Crippen molar-refractivity contribution in [1.82, 2.24) is 5.32 Å². The number of benzene rings is 1. The molecule has 1 heterocycles. The van der Waals surface area contributed by atoms with Crippen LogP contribution in [0.25, 0.3) is 0 Å². The fourth-order valence-electron chi connectivity index (χ4n) is 3.58. The van der Waals surface area contributed by atoms with E-state index in [1.54, 1.807) is 0 Å². The van der Waals surface area contributed by atoms with Crippen molar-refractivity contribution >= 4 is 17.6 Å². The lowest BCUT2D eigenvalue weighted by Gasteiger charge is -2.21. The quantitative estimate of drug-likeness (QED) is 0.734. The molecule has 2 aliphatic rings. The molecule has 1 aliphatic heterocycles. The number of halogens is 1. The first-order valence-electron chi connectivity index (χ1n) is 7.57. The summed E-state index contributed by atoms with van der Waals surface area (Å²) in [5.74, 6) is -1.05. The Bertz CT molecular complexity index is 573. The number of aliphatic carboxylic acids is 1. The first kappa shape index (κ1) is 14.7. The molecule has 3 rings (SSSR count). The van der Waals surface area contributed by atoms with Crippen molar-refractivity contribution in [2.24, 2.45) is 5.92 Å². The van der Waals surface area contributed by atoms with Crippen LogP contribution in [0.1, 0.15) is 48.4 Å². The van der Waals surface area contributed by atoms with Crippen LogP contribution in [-0.4, -0.2) is 22.7 Å². The zero-order valence-corrected chi connectivity index (χ0v) is 12.6. The van der Waals surface area contributed by atoms with Gasteiger partial charge in [-0.3, -0.25) is 4.79 Å². The Morgan fingerprint density at radius 1 is 1.29 bits per heavy atom. The third kappa shape index (κ3) is 2.74. The molecule has 1 fully saturated rings. The lowest BCUT2D eigenvalue weighted by molar-refractivity contribution is -0.141. The number of aromatic hydroxyl groups is 1. The van der Waals surface area contributed by atoms with Gasteiger partial charge in [-0.15, -0.1) is 0 Å². The van der Waals surface area contributed by atoms with Crippen LogP contribution in [0.4, 0.5) is 0 Å². The largest absolute Gasteiger partial charge is 0.506 e. The summed E-state index contributed by atoms with van der Waals surface area (Å²) in [5.41, 5.74) is 3.23. The van der Waals surface area contributed by atoms with Gasteiger partial charge in [0.25, 0.3) is 0 Å². The number of carbonyl (C=O) groups is 1. The predicted octanol–water partition coefficient (Wildman–Crippen LogP) is 3.05. The third-order valence-electron chi connectivity index (χ3n) is 4.70. The third-order valence-corrected chi connectivity index (χ3v) is 4.98. The van der Waals surface area contributed by atoms with Gasteiger partial charge in [0.05, 0.1) is 10.9 Å². The van der Waals surface area contributed by atoms with Crippen molar-refractivity contribution in [1.29, 1.82) is 0 Å². The SMILES string of the molecule is O=C(O)C1CNC(c2c(O)c(Cl)cc3c2CCCCC3)C1. The topological polar surface area (TPSA) is 69.6 Å². The molecular formula is C16H20ClNO3. The Balaban J connectivity index is 2.01. The average molecular weight is 310 g/mol. The molecule has 2 atom stereocenters. The summed E-state index contributed by atoms with van der Waals surface area (Å²) in [4.78, 5) is 11.1. The van der Waals surface area contributed by atoms with Crippen LogP contribution < -0.4 is 5.32 Å². The van der Waals surface area contributed by atoms with Gasteiger partial charge in [-0.05, 0) is 49.3 Å². The van der Waals surface area contributed by atoms with Crippen molar-refractivity contribution in [3.8, 4) is 5.75 Å². The first-order chi connectivity index (χ1) is 10.1. The molecule has 5 heteroatoms. The highest BCUT2D eigenvalue weighted by Crippen LogP contribution is 2.42. The molecule has 3 N–H and O–H groups in total. The first-order valence-corrected chi connectivity index (χ1v) is 7.95. The molecular weight excluding hydrogens is 290 g/mol. The van der Waals surface area contributed by atoms with Crippen LogP contribution >= 0.6 is 11.6 Å². The van der Waals surface area contributed by atoms with Gasteiger partial charge >= 0.3 is 5.97 Å². The number of phenols is 1. The van der Waals surface area contributed by atoms with E-state index in [0.29, 0.717) is 18.0 Å². The molecule has 0 aromatic heterocycles. The Labute approximate surface area is 129 Å². The Hall–Kier alpha value is -1.26. The highest BCUT2D eigenvalue weighted by molar-refractivity contribution is 6.32. The monoisotopic (exact) mass is 309 g/mol. The zero-order valence-electron chi connectivity index (χ0n) is 11.9. The van der Waals surface area contributed by atoms with Crippen molar-refractivity contribution in [2.75, 3.05) is 6.54 Å². The molecule has 0 amide bonds. The maximum absolute atomic E-state index is 11.1. The summed E-state index contributed by atoms with van der Waals surface area (Å²) in [7, 11) is 0. The maximum atomic E-state index is 11.1. The summed E-state index contributed by atoms with van der Waals surface area (Å²) < 4.78 is 0. The Morgan fingerprint density at radius 2 is 2.05 bits per heavy atom. The summed E-state index contributed by atoms with van der Waals surface area (Å²) in [5, 5.41) is 23.2. The van der Waals surface area contributed by atoms with Gasteiger partial charge in [-0.25, -0.2) is 0 Å². The number of hydrogen-bond acceptors (Lipinski definition) is 3. The fourth-order valence-corrected chi connectivity index (χ4v) is 3.82. The number of fused-ring (bicyclic) bond motifs is 1. The van der Waals surface area contributed by atoms with E-state index in [1.807, 2.05) is 6.07 Å². The summed E-state index contributed by atoms with van der Waals surface area (Å²) in [6.07, 6.45) is 5.86. The molecule has 4 nitrogen and oxygen atoms in total. The van der Waals surface area contributed by atoms with E-state index in [9.17, 15) is 9.90 Å². The fraction of sp³-hybridized carbons (Fsp3) is 0.562. The van der Waals surface area contributed by atoms with E-state index in [1.165, 1.54) is 17.5 Å². The minimum absolute atomic E-state index is 0.114. The van der Waals surface area contributed by atoms with Crippen LogP contribution in [0.15, 0.2) is 6.07 Å². The van der Waals surface area contributed by atoms with E-state index in [2.05, 4.69) is 5.32 Å². The molecule has 2 unspecified atom stereocenters. The summed E-state index contributed by atoms with van der Waals surface area (Å²) in [6.45, 7) is 0.445. The van der Waals surface area contributed by atoms with Crippen LogP contribution in [0.5, 0.6) is 5.75 Å². The highest BCUT2D eigenvalue weighted by Gasteiger charge is 2.34. The van der Waals surface area contributed by atoms with Crippen molar-refractivity contribution in [2.45, 2.75) is 44.6 Å². The lowest BCUT2D eigenvalue weighted by Crippen LogP contribution is -2.18. The number of carboxylic acids is 1. The van der Waals surface area contributed by atoms with Crippen LogP contribution in [0.2, 0.25) is 5.02 Å².